The second kappa shape index (κ2) is 10.2. The number of unbranched alkanes of at least 4 members (excludes halogenated alkanes) is 1. The lowest BCUT2D eigenvalue weighted by Crippen LogP contribution is -2.37. The van der Waals surface area contributed by atoms with Crippen LogP contribution in [0, 0.1) is 0 Å². The van der Waals surface area contributed by atoms with E-state index in [0.29, 0.717) is 5.69 Å². The van der Waals surface area contributed by atoms with Crippen LogP contribution in [0.15, 0.2) is 24.3 Å². The van der Waals surface area contributed by atoms with Crippen LogP contribution < -0.4 is 10.1 Å². The Kier molecular flexibility index (Phi) is 7.89. The van der Waals surface area contributed by atoms with Gasteiger partial charge in [-0.1, -0.05) is 19.8 Å². The molecule has 0 radical (unpaired) electrons. The Morgan fingerprint density at radius 3 is 2.58 bits per heavy atom. The number of piperidine rings is 1. The second-order valence-corrected chi connectivity index (χ2v) is 6.43. The van der Waals surface area contributed by atoms with Crippen LogP contribution in [0.4, 0.5) is 10.5 Å². The van der Waals surface area contributed by atoms with Crippen LogP contribution in [0.1, 0.15) is 46.0 Å². The summed E-state index contributed by atoms with van der Waals surface area (Å²) in [5.74, 6) is 0.820. The molecular formula is C19H30N2O3. The van der Waals surface area contributed by atoms with E-state index in [0.717, 1.165) is 44.8 Å². The van der Waals surface area contributed by atoms with E-state index >= 15 is 0 Å². The summed E-state index contributed by atoms with van der Waals surface area (Å²) in [4.78, 5) is 14.3. The summed E-state index contributed by atoms with van der Waals surface area (Å²) in [7, 11) is 0. The van der Waals surface area contributed by atoms with Gasteiger partial charge < -0.3 is 9.47 Å². The van der Waals surface area contributed by atoms with Crippen LogP contribution >= 0.6 is 0 Å². The molecule has 0 spiro atoms. The largest absolute Gasteiger partial charge is 0.494 e. The molecule has 1 aliphatic heterocycles. The van der Waals surface area contributed by atoms with E-state index < -0.39 is 6.09 Å². The summed E-state index contributed by atoms with van der Waals surface area (Å²) < 4.78 is 11.0. The first-order valence-electron chi connectivity index (χ1n) is 9.10. The van der Waals surface area contributed by atoms with E-state index in [1.165, 1.54) is 19.3 Å². The highest BCUT2D eigenvalue weighted by Crippen LogP contribution is 2.16. The molecule has 0 bridgehead atoms. The van der Waals surface area contributed by atoms with Gasteiger partial charge >= 0.3 is 6.09 Å². The third-order valence-electron chi connectivity index (χ3n) is 4.14. The molecule has 0 aromatic heterocycles. The molecule has 0 unspecified atom stereocenters. The Morgan fingerprint density at radius 1 is 1.21 bits per heavy atom. The van der Waals surface area contributed by atoms with Gasteiger partial charge in [0.1, 0.15) is 11.9 Å². The second-order valence-electron chi connectivity index (χ2n) is 6.43. The van der Waals surface area contributed by atoms with Gasteiger partial charge in [-0.15, -0.1) is 0 Å². The number of rotatable bonds is 8. The number of nitrogens with one attached hydrogen (secondary N) is 1. The molecule has 134 valence electrons. The van der Waals surface area contributed by atoms with Crippen LogP contribution in [-0.4, -0.2) is 43.3 Å². The summed E-state index contributed by atoms with van der Waals surface area (Å²) in [5.41, 5.74) is 0.716. The summed E-state index contributed by atoms with van der Waals surface area (Å²) in [6.45, 7) is 7.81. The normalized spacial score (nSPS) is 16.4. The smallest absolute Gasteiger partial charge is 0.411 e. The summed E-state index contributed by atoms with van der Waals surface area (Å²) in [5, 5.41) is 2.77. The molecular weight excluding hydrogens is 304 g/mol. The van der Waals surface area contributed by atoms with Gasteiger partial charge in [0.2, 0.25) is 0 Å². The van der Waals surface area contributed by atoms with Gasteiger partial charge in [-0.2, -0.15) is 0 Å². The summed E-state index contributed by atoms with van der Waals surface area (Å²) in [6.07, 6.45) is 5.43. The van der Waals surface area contributed by atoms with Gasteiger partial charge in [0.15, 0.2) is 0 Å². The van der Waals surface area contributed by atoms with Crippen molar-refractivity contribution in [3.05, 3.63) is 24.3 Å². The van der Waals surface area contributed by atoms with E-state index in [1.54, 1.807) is 0 Å². The molecule has 1 amide bonds. The molecule has 1 aromatic rings. The average Bonchev–Trinajstić information content (AvgIpc) is 2.57. The Hall–Kier alpha value is -1.75. The van der Waals surface area contributed by atoms with Crippen molar-refractivity contribution >= 4 is 11.8 Å². The van der Waals surface area contributed by atoms with Crippen molar-refractivity contribution in [2.75, 3.05) is 31.6 Å². The number of amides is 1. The lowest BCUT2D eigenvalue weighted by Gasteiger charge is -2.28. The Balaban J connectivity index is 1.70. The van der Waals surface area contributed by atoms with Gasteiger partial charge in [-0.25, -0.2) is 4.79 Å². The number of ether oxygens (including phenoxy) is 2. The minimum atomic E-state index is -0.404. The van der Waals surface area contributed by atoms with Crippen molar-refractivity contribution < 1.29 is 14.3 Å². The van der Waals surface area contributed by atoms with Crippen LogP contribution in [0.5, 0.6) is 5.75 Å². The molecule has 1 aromatic carbocycles. The van der Waals surface area contributed by atoms with Crippen molar-refractivity contribution in [2.45, 2.75) is 52.1 Å². The monoisotopic (exact) mass is 334 g/mol. The van der Waals surface area contributed by atoms with Gasteiger partial charge in [0.25, 0.3) is 0 Å². The first kappa shape index (κ1) is 18.6. The maximum atomic E-state index is 12.0. The minimum Gasteiger partial charge on any atom is -0.494 e. The van der Waals surface area contributed by atoms with Crippen molar-refractivity contribution in [3.8, 4) is 5.75 Å². The highest BCUT2D eigenvalue weighted by Gasteiger charge is 2.16. The standard InChI is InChI=1S/C19H30N2O3/c1-3-4-14-23-18-10-8-17(9-11-18)20-19(22)24-16(2)15-21-12-6-5-7-13-21/h8-11,16H,3-7,12-15H2,1-2H3,(H,20,22)/t16-/m1/s1. The van der Waals surface area contributed by atoms with Crippen molar-refractivity contribution in [2.24, 2.45) is 0 Å². The molecule has 2 rings (SSSR count). The number of carbonyl (C=O) groups excluding carboxylic acids is 1. The molecule has 24 heavy (non-hydrogen) atoms. The van der Waals surface area contributed by atoms with E-state index in [4.69, 9.17) is 9.47 Å². The Morgan fingerprint density at radius 2 is 1.92 bits per heavy atom. The van der Waals surface area contributed by atoms with E-state index in [1.807, 2.05) is 31.2 Å². The SMILES string of the molecule is CCCCOc1ccc(NC(=O)O[C@H](C)CN2CCCCC2)cc1. The molecule has 1 heterocycles. The maximum absolute atomic E-state index is 12.0. The molecule has 0 saturated carbocycles. The summed E-state index contributed by atoms with van der Waals surface area (Å²) >= 11 is 0. The van der Waals surface area contributed by atoms with Gasteiger partial charge in [0.05, 0.1) is 6.61 Å². The van der Waals surface area contributed by atoms with Crippen LogP contribution in [0.2, 0.25) is 0 Å². The highest BCUT2D eigenvalue weighted by molar-refractivity contribution is 5.84. The topological polar surface area (TPSA) is 50.8 Å². The van der Waals surface area contributed by atoms with Gasteiger partial charge in [-0.3, -0.25) is 10.2 Å². The molecule has 0 aliphatic carbocycles. The zero-order valence-electron chi connectivity index (χ0n) is 14.9. The lowest BCUT2D eigenvalue weighted by molar-refractivity contribution is 0.0833. The van der Waals surface area contributed by atoms with Crippen LogP contribution in [0.25, 0.3) is 0 Å². The fraction of sp³-hybridized carbons (Fsp3) is 0.632. The fourth-order valence-corrected chi connectivity index (χ4v) is 2.84. The number of likely N-dealkylation sites (tertiary alicyclic amines) is 1. The zero-order chi connectivity index (χ0) is 17.2. The molecule has 1 N–H and O–H groups in total. The minimum absolute atomic E-state index is 0.111. The quantitative estimate of drug-likeness (QED) is 0.721. The molecule has 5 nitrogen and oxygen atoms in total. The molecule has 1 atom stereocenters. The van der Waals surface area contributed by atoms with E-state index in [-0.39, 0.29) is 6.10 Å². The molecule has 5 heteroatoms. The summed E-state index contributed by atoms with van der Waals surface area (Å²) in [6, 6.07) is 7.39. The van der Waals surface area contributed by atoms with E-state index in [2.05, 4.69) is 17.1 Å². The third-order valence-corrected chi connectivity index (χ3v) is 4.14. The lowest BCUT2D eigenvalue weighted by atomic mass is 10.1. The number of nitrogens with zero attached hydrogens (tertiary/aromatic N) is 1. The predicted molar refractivity (Wildman–Crippen MR) is 96.7 cm³/mol. The van der Waals surface area contributed by atoms with Crippen molar-refractivity contribution in [1.82, 2.24) is 4.90 Å². The first-order chi connectivity index (χ1) is 11.7. The van der Waals surface area contributed by atoms with Gasteiger partial charge in [0, 0.05) is 12.2 Å². The zero-order valence-corrected chi connectivity index (χ0v) is 14.9. The third kappa shape index (κ3) is 6.79. The van der Waals surface area contributed by atoms with E-state index in [9.17, 15) is 4.79 Å². The molecule has 1 fully saturated rings. The molecule has 1 saturated heterocycles. The number of hydrogen-bond acceptors (Lipinski definition) is 4. The molecule has 1 aliphatic rings. The predicted octanol–water partition coefficient (Wildman–Crippen LogP) is 4.29. The van der Waals surface area contributed by atoms with Crippen molar-refractivity contribution in [3.63, 3.8) is 0 Å². The Bertz CT molecular complexity index is 484. The highest BCUT2D eigenvalue weighted by atomic mass is 16.6. The number of benzene rings is 1. The fourth-order valence-electron chi connectivity index (χ4n) is 2.84. The number of hydrogen-bond donors (Lipinski definition) is 1. The average molecular weight is 334 g/mol. The number of anilines is 1. The first-order valence-corrected chi connectivity index (χ1v) is 9.10. The maximum Gasteiger partial charge on any atom is 0.411 e. The van der Waals surface area contributed by atoms with Gasteiger partial charge in [-0.05, 0) is 63.5 Å². The van der Waals surface area contributed by atoms with Crippen LogP contribution in [0.3, 0.4) is 0 Å². The Labute approximate surface area is 145 Å². The number of carbonyl (C=O) groups is 1. The van der Waals surface area contributed by atoms with Crippen molar-refractivity contribution in [1.29, 1.82) is 0 Å². The van der Waals surface area contributed by atoms with Crippen LogP contribution in [-0.2, 0) is 4.74 Å².